The molecule has 0 aromatic heterocycles. The molecule has 0 amide bonds. The number of halogens is 1. The van der Waals surface area contributed by atoms with Gasteiger partial charge in [0, 0.05) is 6.42 Å². The Morgan fingerprint density at radius 1 is 1.85 bits per heavy atom. The molecular formula is C8H11BrO4. The second kappa shape index (κ2) is 4.60. The van der Waals surface area contributed by atoms with E-state index in [1.807, 2.05) is 6.92 Å². The molecule has 0 aliphatic carbocycles. The van der Waals surface area contributed by atoms with Gasteiger partial charge in [-0.1, -0.05) is 22.9 Å². The van der Waals surface area contributed by atoms with Crippen LogP contribution in [0.4, 0.5) is 0 Å². The van der Waals surface area contributed by atoms with Gasteiger partial charge in [-0.25, -0.2) is 4.79 Å². The summed E-state index contributed by atoms with van der Waals surface area (Å²) < 4.78 is 9.56. The lowest BCUT2D eigenvalue weighted by atomic mass is 10.3. The van der Waals surface area contributed by atoms with E-state index in [9.17, 15) is 9.59 Å². The normalized spacial score (nSPS) is 23.8. The minimum atomic E-state index is -0.695. The zero-order valence-corrected chi connectivity index (χ0v) is 8.87. The second-order valence-corrected chi connectivity index (χ2v) is 3.86. The monoisotopic (exact) mass is 250 g/mol. The van der Waals surface area contributed by atoms with Gasteiger partial charge >= 0.3 is 11.9 Å². The van der Waals surface area contributed by atoms with Crippen LogP contribution in [-0.2, 0) is 19.1 Å². The van der Waals surface area contributed by atoms with E-state index in [-0.39, 0.29) is 4.83 Å². The molecule has 2 atom stereocenters. The summed E-state index contributed by atoms with van der Waals surface area (Å²) in [4.78, 5) is 21.8. The SMILES string of the molecule is CCC(Br)C(=O)O[C@H]1CCOC1=O. The highest BCUT2D eigenvalue weighted by molar-refractivity contribution is 9.10. The molecule has 1 saturated heterocycles. The molecule has 1 rings (SSSR count). The molecule has 1 fully saturated rings. The molecule has 0 aromatic rings. The Morgan fingerprint density at radius 2 is 2.54 bits per heavy atom. The fourth-order valence-electron chi connectivity index (χ4n) is 0.965. The summed E-state index contributed by atoms with van der Waals surface area (Å²) in [6.07, 6.45) is 0.410. The average Bonchev–Trinajstić information content (AvgIpc) is 2.50. The Bertz CT molecular complexity index is 216. The maximum absolute atomic E-state index is 11.2. The first-order valence-electron chi connectivity index (χ1n) is 4.16. The van der Waals surface area contributed by atoms with Gasteiger partial charge in [0.25, 0.3) is 0 Å². The lowest BCUT2D eigenvalue weighted by Gasteiger charge is -2.10. The molecule has 1 aliphatic rings. The number of hydrogen-bond acceptors (Lipinski definition) is 4. The van der Waals surface area contributed by atoms with Crippen molar-refractivity contribution < 1.29 is 19.1 Å². The van der Waals surface area contributed by atoms with Crippen molar-refractivity contribution in [2.75, 3.05) is 6.61 Å². The molecule has 5 heteroatoms. The van der Waals surface area contributed by atoms with Crippen LogP contribution in [0.3, 0.4) is 0 Å². The number of alkyl halides is 1. The van der Waals surface area contributed by atoms with Crippen molar-refractivity contribution in [1.82, 2.24) is 0 Å². The van der Waals surface area contributed by atoms with Gasteiger partial charge in [0.2, 0.25) is 6.10 Å². The van der Waals surface area contributed by atoms with Crippen LogP contribution in [0, 0.1) is 0 Å². The summed E-state index contributed by atoms with van der Waals surface area (Å²) in [5, 5.41) is 0. The minimum Gasteiger partial charge on any atom is -0.463 e. The smallest absolute Gasteiger partial charge is 0.347 e. The molecule has 1 unspecified atom stereocenters. The number of carbonyl (C=O) groups is 2. The quantitative estimate of drug-likeness (QED) is 0.555. The molecule has 1 aliphatic heterocycles. The zero-order chi connectivity index (χ0) is 9.84. The van der Waals surface area contributed by atoms with E-state index in [4.69, 9.17) is 4.74 Å². The maximum Gasteiger partial charge on any atom is 0.347 e. The third kappa shape index (κ3) is 2.69. The largest absolute Gasteiger partial charge is 0.463 e. The van der Waals surface area contributed by atoms with Crippen molar-refractivity contribution in [2.24, 2.45) is 0 Å². The van der Waals surface area contributed by atoms with Crippen molar-refractivity contribution in [3.05, 3.63) is 0 Å². The van der Waals surface area contributed by atoms with E-state index in [2.05, 4.69) is 20.7 Å². The van der Waals surface area contributed by atoms with E-state index in [1.165, 1.54) is 0 Å². The van der Waals surface area contributed by atoms with E-state index in [0.717, 1.165) is 0 Å². The molecule has 4 nitrogen and oxygen atoms in total. The van der Waals surface area contributed by atoms with Gasteiger partial charge in [0.15, 0.2) is 0 Å². The van der Waals surface area contributed by atoms with E-state index in [1.54, 1.807) is 0 Å². The lowest BCUT2D eigenvalue weighted by molar-refractivity contribution is -0.159. The van der Waals surface area contributed by atoms with Crippen LogP contribution in [0.2, 0.25) is 0 Å². The molecule has 0 saturated carbocycles. The van der Waals surface area contributed by atoms with Gasteiger partial charge in [-0.3, -0.25) is 4.79 Å². The Kier molecular flexibility index (Phi) is 3.71. The second-order valence-electron chi connectivity index (χ2n) is 2.76. The molecular weight excluding hydrogens is 240 g/mol. The molecule has 74 valence electrons. The van der Waals surface area contributed by atoms with Gasteiger partial charge < -0.3 is 9.47 Å². The van der Waals surface area contributed by atoms with Crippen LogP contribution in [0.5, 0.6) is 0 Å². The van der Waals surface area contributed by atoms with Crippen molar-refractivity contribution in [2.45, 2.75) is 30.7 Å². The number of esters is 2. The highest BCUT2D eigenvalue weighted by Crippen LogP contribution is 2.14. The van der Waals surface area contributed by atoms with E-state index < -0.39 is 18.0 Å². The van der Waals surface area contributed by atoms with Crippen LogP contribution in [0.15, 0.2) is 0 Å². The molecule has 1 heterocycles. The van der Waals surface area contributed by atoms with Gasteiger partial charge in [-0.05, 0) is 6.42 Å². The summed E-state index contributed by atoms with van der Waals surface area (Å²) in [7, 11) is 0. The van der Waals surface area contributed by atoms with Gasteiger partial charge in [-0.2, -0.15) is 0 Å². The third-order valence-corrected chi connectivity index (χ3v) is 2.78. The Balaban J connectivity index is 2.39. The van der Waals surface area contributed by atoms with Crippen LogP contribution in [-0.4, -0.2) is 29.5 Å². The van der Waals surface area contributed by atoms with Crippen LogP contribution in [0.25, 0.3) is 0 Å². The number of ether oxygens (including phenoxy) is 2. The fraction of sp³-hybridized carbons (Fsp3) is 0.750. The zero-order valence-electron chi connectivity index (χ0n) is 7.29. The summed E-state index contributed by atoms with van der Waals surface area (Å²) in [6, 6.07) is 0. The fourth-order valence-corrected chi connectivity index (χ4v) is 1.07. The first-order chi connectivity index (χ1) is 6.15. The standard InChI is InChI=1S/C8H11BrO4/c1-2-5(9)7(10)13-6-3-4-12-8(6)11/h5-6H,2-4H2,1H3/t5?,6-/m0/s1. The van der Waals surface area contributed by atoms with Crippen LogP contribution in [0.1, 0.15) is 19.8 Å². The molecule has 0 spiro atoms. The minimum absolute atomic E-state index is 0.332. The summed E-state index contributed by atoms with van der Waals surface area (Å²) in [5.74, 6) is -0.837. The van der Waals surface area contributed by atoms with Gasteiger partial charge in [-0.15, -0.1) is 0 Å². The Morgan fingerprint density at radius 3 is 3.00 bits per heavy atom. The van der Waals surface area contributed by atoms with Gasteiger partial charge in [0.05, 0.1) is 6.61 Å². The number of hydrogen-bond donors (Lipinski definition) is 0. The predicted octanol–water partition coefficient (Wildman–Crippen LogP) is 1.02. The van der Waals surface area contributed by atoms with Crippen molar-refractivity contribution in [1.29, 1.82) is 0 Å². The molecule has 0 radical (unpaired) electrons. The van der Waals surface area contributed by atoms with Gasteiger partial charge in [0.1, 0.15) is 4.83 Å². The van der Waals surface area contributed by atoms with Crippen LogP contribution >= 0.6 is 15.9 Å². The Labute approximate surface area is 84.7 Å². The predicted molar refractivity (Wildman–Crippen MR) is 48.5 cm³/mol. The third-order valence-electron chi connectivity index (χ3n) is 1.76. The topological polar surface area (TPSA) is 52.6 Å². The van der Waals surface area contributed by atoms with E-state index >= 15 is 0 Å². The number of carbonyl (C=O) groups excluding carboxylic acids is 2. The molecule has 0 bridgehead atoms. The van der Waals surface area contributed by atoms with Crippen LogP contribution < -0.4 is 0 Å². The summed E-state index contributed by atoms with van der Waals surface area (Å²) in [6.45, 7) is 2.20. The summed E-state index contributed by atoms with van der Waals surface area (Å²) >= 11 is 3.14. The maximum atomic E-state index is 11.2. The first-order valence-corrected chi connectivity index (χ1v) is 5.08. The first kappa shape index (κ1) is 10.5. The number of rotatable bonds is 3. The molecule has 0 N–H and O–H groups in total. The van der Waals surface area contributed by atoms with Crippen molar-refractivity contribution in [3.8, 4) is 0 Å². The number of cyclic esters (lactones) is 1. The highest BCUT2D eigenvalue weighted by atomic mass is 79.9. The lowest BCUT2D eigenvalue weighted by Crippen LogP contribution is -2.27. The highest BCUT2D eigenvalue weighted by Gasteiger charge is 2.31. The van der Waals surface area contributed by atoms with Crippen molar-refractivity contribution in [3.63, 3.8) is 0 Å². The molecule has 0 aromatic carbocycles. The van der Waals surface area contributed by atoms with E-state index in [0.29, 0.717) is 19.4 Å². The summed E-state index contributed by atoms with van der Waals surface area (Å²) in [5.41, 5.74) is 0. The van der Waals surface area contributed by atoms with Crippen molar-refractivity contribution >= 4 is 27.9 Å². The Hall–Kier alpha value is -0.580. The molecule has 13 heavy (non-hydrogen) atoms. The average molecular weight is 251 g/mol.